The first-order chi connectivity index (χ1) is 15.2. The van der Waals surface area contributed by atoms with Crippen molar-refractivity contribution in [1.82, 2.24) is 19.4 Å². The summed E-state index contributed by atoms with van der Waals surface area (Å²) in [6, 6.07) is 9.63. The number of rotatable bonds is 2. The largest absolute Gasteiger partial charge is 0.444 e. The van der Waals surface area contributed by atoms with Crippen molar-refractivity contribution in [3.8, 4) is 11.8 Å². The highest BCUT2D eigenvalue weighted by atomic mass is 127. The van der Waals surface area contributed by atoms with Crippen molar-refractivity contribution in [1.29, 1.82) is 5.26 Å². The van der Waals surface area contributed by atoms with Crippen LogP contribution in [0.3, 0.4) is 0 Å². The fraction of sp³-hybridized carbons (Fsp3) is 0.391. The Morgan fingerprint density at radius 2 is 2.06 bits per heavy atom. The monoisotopic (exact) mass is 544 g/mol. The smallest absolute Gasteiger partial charge is 0.410 e. The van der Waals surface area contributed by atoms with E-state index >= 15 is 0 Å². The molecule has 1 aliphatic heterocycles. The summed E-state index contributed by atoms with van der Waals surface area (Å²) in [6.07, 6.45) is 3.31. The van der Waals surface area contributed by atoms with E-state index < -0.39 is 5.60 Å². The summed E-state index contributed by atoms with van der Waals surface area (Å²) in [5, 5.41) is 10.2. The lowest BCUT2D eigenvalue weighted by atomic mass is 10.2. The van der Waals surface area contributed by atoms with Crippen LogP contribution < -0.4 is 4.90 Å². The van der Waals surface area contributed by atoms with Gasteiger partial charge in [-0.05, 0) is 68.5 Å². The van der Waals surface area contributed by atoms with Crippen molar-refractivity contribution in [2.24, 2.45) is 0 Å². The van der Waals surface area contributed by atoms with E-state index in [9.17, 15) is 10.1 Å². The van der Waals surface area contributed by atoms with Crippen LogP contribution in [0.15, 0.2) is 36.8 Å². The highest BCUT2D eigenvalue weighted by Gasteiger charge is 2.32. The second kappa shape index (κ2) is 8.58. The molecule has 4 rings (SSSR count). The van der Waals surface area contributed by atoms with E-state index in [1.165, 1.54) is 0 Å². The van der Waals surface area contributed by atoms with E-state index in [0.29, 0.717) is 25.2 Å². The lowest BCUT2D eigenvalue weighted by Crippen LogP contribution is -2.55. The summed E-state index contributed by atoms with van der Waals surface area (Å²) in [6.45, 7) is 9.52. The second-order valence-corrected chi connectivity index (χ2v) is 10.0. The fourth-order valence-electron chi connectivity index (χ4n) is 3.91. The van der Waals surface area contributed by atoms with E-state index in [4.69, 9.17) is 4.74 Å². The van der Waals surface area contributed by atoms with Gasteiger partial charge in [0.2, 0.25) is 0 Å². The van der Waals surface area contributed by atoms with E-state index in [1.807, 2.05) is 56.7 Å². The van der Waals surface area contributed by atoms with E-state index in [2.05, 4.69) is 43.5 Å². The number of halogens is 1. The summed E-state index contributed by atoms with van der Waals surface area (Å²) >= 11 is 2.30. The first-order valence-corrected chi connectivity index (χ1v) is 11.5. The van der Waals surface area contributed by atoms with Crippen molar-refractivity contribution >= 4 is 45.5 Å². The van der Waals surface area contributed by atoms with Crippen molar-refractivity contribution in [2.75, 3.05) is 24.5 Å². The standard InChI is InChI=1S/C23H25IN6O2/c1-15-12-28(8-9-29(15)22(31)32-23(2,3)4)20-19-18(24)13-30(21(19)27-14-26-20)17-7-5-6-16(10-17)11-25/h5-7,10,13-15H,8-9,12H2,1-4H3/t15-/m1/s1. The van der Waals surface area contributed by atoms with Crippen LogP contribution in [-0.2, 0) is 4.74 Å². The number of anilines is 1. The highest BCUT2D eigenvalue weighted by Crippen LogP contribution is 2.32. The molecular weight excluding hydrogens is 519 g/mol. The van der Waals surface area contributed by atoms with Crippen LogP contribution in [-0.4, -0.2) is 56.8 Å². The number of fused-ring (bicyclic) bond motifs is 1. The number of ether oxygens (including phenoxy) is 1. The molecule has 0 saturated carbocycles. The first-order valence-electron chi connectivity index (χ1n) is 10.4. The van der Waals surface area contributed by atoms with Crippen LogP contribution >= 0.6 is 22.6 Å². The molecule has 0 N–H and O–H groups in total. The molecule has 1 aromatic carbocycles. The number of carbonyl (C=O) groups excluding carboxylic acids is 1. The Morgan fingerprint density at radius 3 is 2.75 bits per heavy atom. The molecule has 3 aromatic rings. The number of hydrogen-bond donors (Lipinski definition) is 0. The van der Waals surface area contributed by atoms with Crippen molar-refractivity contribution in [3.63, 3.8) is 0 Å². The van der Waals surface area contributed by atoms with Gasteiger partial charge >= 0.3 is 6.09 Å². The van der Waals surface area contributed by atoms with Gasteiger partial charge in [-0.3, -0.25) is 0 Å². The average Bonchev–Trinajstić information content (AvgIpc) is 3.09. The third-order valence-corrected chi connectivity index (χ3v) is 6.14. The van der Waals surface area contributed by atoms with E-state index in [0.717, 1.165) is 26.1 Å². The zero-order valence-corrected chi connectivity index (χ0v) is 20.7. The molecule has 1 saturated heterocycles. The van der Waals surface area contributed by atoms with Crippen LogP contribution in [0.4, 0.5) is 10.6 Å². The summed E-state index contributed by atoms with van der Waals surface area (Å²) in [5.74, 6) is 0.852. The Kier molecular flexibility index (Phi) is 5.99. The zero-order chi connectivity index (χ0) is 23.0. The number of nitrogens with zero attached hydrogens (tertiary/aromatic N) is 6. The van der Waals surface area contributed by atoms with Crippen LogP contribution in [0.5, 0.6) is 0 Å². The number of amides is 1. The highest BCUT2D eigenvalue weighted by molar-refractivity contribution is 14.1. The number of piperazine rings is 1. The Labute approximate surface area is 200 Å². The molecule has 0 unspecified atom stereocenters. The van der Waals surface area contributed by atoms with E-state index in [-0.39, 0.29) is 12.1 Å². The molecule has 8 nitrogen and oxygen atoms in total. The molecule has 1 atom stereocenters. The summed E-state index contributed by atoms with van der Waals surface area (Å²) in [5.41, 5.74) is 1.75. The maximum atomic E-state index is 12.6. The molecule has 166 valence electrons. The summed E-state index contributed by atoms with van der Waals surface area (Å²) in [7, 11) is 0. The molecule has 0 spiro atoms. The molecule has 0 bridgehead atoms. The molecule has 32 heavy (non-hydrogen) atoms. The third kappa shape index (κ3) is 4.37. The number of hydrogen-bond acceptors (Lipinski definition) is 6. The molecule has 3 heterocycles. The van der Waals surface area contributed by atoms with Crippen LogP contribution in [0, 0.1) is 14.9 Å². The first kappa shape index (κ1) is 22.3. The van der Waals surface area contributed by atoms with Gasteiger partial charge in [-0.15, -0.1) is 0 Å². The van der Waals surface area contributed by atoms with E-state index in [1.54, 1.807) is 17.3 Å². The predicted octanol–water partition coefficient (Wildman–Crippen LogP) is 4.34. The second-order valence-electron chi connectivity index (χ2n) is 8.87. The molecule has 9 heteroatoms. The summed E-state index contributed by atoms with van der Waals surface area (Å²) < 4.78 is 8.58. The van der Waals surface area contributed by atoms with Crippen LogP contribution in [0.2, 0.25) is 0 Å². The molecule has 2 aromatic heterocycles. The van der Waals surface area contributed by atoms with Gasteiger partial charge in [0, 0.05) is 41.1 Å². The number of benzene rings is 1. The zero-order valence-electron chi connectivity index (χ0n) is 18.5. The van der Waals surface area contributed by atoms with Crippen molar-refractivity contribution in [2.45, 2.75) is 39.3 Å². The summed E-state index contributed by atoms with van der Waals surface area (Å²) in [4.78, 5) is 25.7. The lowest BCUT2D eigenvalue weighted by molar-refractivity contribution is 0.0159. The minimum Gasteiger partial charge on any atom is -0.444 e. The predicted molar refractivity (Wildman–Crippen MR) is 131 cm³/mol. The Bertz CT molecular complexity index is 1210. The van der Waals surface area contributed by atoms with Crippen molar-refractivity contribution in [3.05, 3.63) is 45.9 Å². The van der Waals surface area contributed by atoms with Crippen molar-refractivity contribution < 1.29 is 9.53 Å². The van der Waals surface area contributed by atoms with Gasteiger partial charge < -0.3 is 19.1 Å². The lowest BCUT2D eigenvalue weighted by Gasteiger charge is -2.40. The van der Waals surface area contributed by atoms with Gasteiger partial charge in [0.25, 0.3) is 0 Å². The average molecular weight is 544 g/mol. The molecule has 0 aliphatic carbocycles. The minimum absolute atomic E-state index is 0.0179. The number of aromatic nitrogens is 3. The molecule has 0 radical (unpaired) electrons. The van der Waals surface area contributed by atoms with Gasteiger partial charge in [0.1, 0.15) is 17.7 Å². The molecule has 1 fully saturated rings. The maximum absolute atomic E-state index is 12.6. The van der Waals surface area contributed by atoms with Gasteiger partial charge in [-0.2, -0.15) is 5.26 Å². The van der Waals surface area contributed by atoms with Gasteiger partial charge in [-0.1, -0.05) is 6.07 Å². The van der Waals surface area contributed by atoms with Crippen LogP contribution in [0.1, 0.15) is 33.3 Å². The van der Waals surface area contributed by atoms with Gasteiger partial charge in [-0.25, -0.2) is 14.8 Å². The molecular formula is C23H25IN6O2. The SMILES string of the molecule is C[C@@H]1CN(c2ncnc3c2c(I)cn3-c2cccc(C#N)c2)CCN1C(=O)OC(C)(C)C. The molecule has 1 aliphatic rings. The maximum Gasteiger partial charge on any atom is 0.410 e. The minimum atomic E-state index is -0.519. The Balaban J connectivity index is 1.64. The Hall–Kier alpha value is -2.87. The van der Waals surface area contributed by atoms with Gasteiger partial charge in [0.05, 0.1) is 17.0 Å². The van der Waals surface area contributed by atoms with Gasteiger partial charge in [0.15, 0.2) is 5.65 Å². The third-order valence-electron chi connectivity index (χ3n) is 5.33. The van der Waals surface area contributed by atoms with Crippen LogP contribution in [0.25, 0.3) is 16.7 Å². The quantitative estimate of drug-likeness (QED) is 0.447. The molecule has 1 amide bonds. The normalized spacial score (nSPS) is 16.8. The topological polar surface area (TPSA) is 87.3 Å². The fourth-order valence-corrected chi connectivity index (χ4v) is 4.67. The number of nitriles is 1. The number of carbonyl (C=O) groups is 1. The Morgan fingerprint density at radius 1 is 1.28 bits per heavy atom.